The summed E-state index contributed by atoms with van der Waals surface area (Å²) in [5.74, 6) is 0.0563. The molecule has 0 aliphatic carbocycles. The van der Waals surface area contributed by atoms with Gasteiger partial charge in [-0.1, -0.05) is 6.42 Å². The molecule has 0 atom stereocenters. The molecule has 2 fully saturated rings. The number of benzene rings is 1. The van der Waals surface area contributed by atoms with Gasteiger partial charge in [-0.05, 0) is 37.1 Å². The second kappa shape index (κ2) is 7.61. The number of piperidine rings is 1. The molecule has 2 aliphatic rings. The van der Waals surface area contributed by atoms with E-state index in [-0.39, 0.29) is 12.5 Å². The number of rotatable bonds is 4. The topological polar surface area (TPSA) is 71.9 Å². The van der Waals surface area contributed by atoms with Gasteiger partial charge in [-0.3, -0.25) is 4.79 Å². The van der Waals surface area contributed by atoms with Gasteiger partial charge >= 0.3 is 0 Å². The Kier molecular flexibility index (Phi) is 5.21. The van der Waals surface area contributed by atoms with E-state index in [1.807, 2.05) is 21.7 Å². The Hall–Kier alpha value is -1.90. The van der Waals surface area contributed by atoms with E-state index in [0.717, 1.165) is 30.2 Å². The normalized spacial score (nSPS) is 19.5. The summed E-state index contributed by atoms with van der Waals surface area (Å²) in [6.45, 7) is 3.84. The maximum Gasteiger partial charge on any atom is 0.243 e. The third kappa shape index (κ3) is 3.74. The molecule has 2 aliphatic heterocycles. The zero-order valence-corrected chi connectivity index (χ0v) is 16.2. The Balaban J connectivity index is 1.55. The minimum atomic E-state index is -3.45. The van der Waals surface area contributed by atoms with Crippen molar-refractivity contribution < 1.29 is 17.9 Å². The van der Waals surface area contributed by atoms with Gasteiger partial charge in [0.2, 0.25) is 15.9 Å². The van der Waals surface area contributed by atoms with Crippen LogP contribution in [0, 0.1) is 0 Å². The number of carbonyl (C=O) groups is 1. The third-order valence-corrected chi connectivity index (χ3v) is 7.26. The number of morpholine rings is 1. The van der Waals surface area contributed by atoms with E-state index >= 15 is 0 Å². The van der Waals surface area contributed by atoms with Crippen LogP contribution in [0.25, 0.3) is 10.9 Å². The van der Waals surface area contributed by atoms with Gasteiger partial charge < -0.3 is 14.2 Å². The maximum absolute atomic E-state index is 12.9. The highest BCUT2D eigenvalue weighted by atomic mass is 32.2. The van der Waals surface area contributed by atoms with Gasteiger partial charge in [-0.2, -0.15) is 4.31 Å². The lowest BCUT2D eigenvalue weighted by Gasteiger charge is -2.27. The van der Waals surface area contributed by atoms with Crippen molar-refractivity contribution in [1.82, 2.24) is 13.8 Å². The van der Waals surface area contributed by atoms with E-state index in [4.69, 9.17) is 4.74 Å². The predicted octanol–water partition coefficient (Wildman–Crippen LogP) is 1.67. The van der Waals surface area contributed by atoms with Crippen molar-refractivity contribution in [3.63, 3.8) is 0 Å². The van der Waals surface area contributed by atoms with Gasteiger partial charge in [-0.25, -0.2) is 8.42 Å². The van der Waals surface area contributed by atoms with Gasteiger partial charge in [0, 0.05) is 43.3 Å². The number of sulfonamides is 1. The number of carbonyl (C=O) groups excluding carboxylic acids is 1. The van der Waals surface area contributed by atoms with Crippen molar-refractivity contribution >= 4 is 26.8 Å². The summed E-state index contributed by atoms with van der Waals surface area (Å²) < 4.78 is 34.5. The number of aromatic nitrogens is 1. The SMILES string of the molecule is O=C(Cn1ccc2cc(S(=O)(=O)N3CCCCC3)ccc21)N1CCOCC1. The predicted molar refractivity (Wildman–Crippen MR) is 102 cm³/mol. The van der Waals surface area contributed by atoms with Crippen LogP contribution < -0.4 is 0 Å². The summed E-state index contributed by atoms with van der Waals surface area (Å²) in [6, 6.07) is 7.05. The molecule has 0 radical (unpaired) electrons. The van der Waals surface area contributed by atoms with Crippen molar-refractivity contribution in [3.8, 4) is 0 Å². The van der Waals surface area contributed by atoms with Gasteiger partial charge in [0.05, 0.1) is 18.1 Å². The van der Waals surface area contributed by atoms with E-state index < -0.39 is 10.0 Å². The summed E-state index contributed by atoms with van der Waals surface area (Å²) in [6.07, 6.45) is 4.77. The smallest absolute Gasteiger partial charge is 0.243 e. The van der Waals surface area contributed by atoms with Crippen LogP contribution in [0.3, 0.4) is 0 Å². The number of hydrogen-bond acceptors (Lipinski definition) is 4. The molecule has 0 unspecified atom stereocenters. The summed E-state index contributed by atoms with van der Waals surface area (Å²) in [4.78, 5) is 14.6. The monoisotopic (exact) mass is 391 g/mol. The molecule has 1 aromatic heterocycles. The van der Waals surface area contributed by atoms with E-state index in [1.54, 1.807) is 22.5 Å². The van der Waals surface area contributed by atoms with E-state index in [0.29, 0.717) is 44.3 Å². The second-order valence-electron chi connectivity index (χ2n) is 7.12. The molecule has 0 bridgehead atoms. The first-order valence-electron chi connectivity index (χ1n) is 9.50. The molecule has 0 spiro atoms. The van der Waals surface area contributed by atoms with Gasteiger partial charge in [0.15, 0.2) is 0 Å². The molecular weight excluding hydrogens is 366 g/mol. The van der Waals surface area contributed by atoms with Crippen molar-refractivity contribution in [2.75, 3.05) is 39.4 Å². The summed E-state index contributed by atoms with van der Waals surface area (Å²) >= 11 is 0. The fraction of sp³-hybridized carbons (Fsp3) is 0.526. The van der Waals surface area contributed by atoms with Gasteiger partial charge in [0.1, 0.15) is 6.54 Å². The van der Waals surface area contributed by atoms with E-state index in [2.05, 4.69) is 0 Å². The molecule has 1 aromatic carbocycles. The highest BCUT2D eigenvalue weighted by molar-refractivity contribution is 7.89. The van der Waals surface area contributed by atoms with Crippen LogP contribution >= 0.6 is 0 Å². The minimum absolute atomic E-state index is 0.0563. The standard InChI is InChI=1S/C19H25N3O4S/c23-19(20-10-12-26-13-11-20)15-21-9-6-16-14-17(4-5-18(16)21)27(24,25)22-7-2-1-3-8-22/h4-6,9,14H,1-3,7-8,10-13,15H2. The van der Waals surface area contributed by atoms with Crippen LogP contribution in [0.1, 0.15) is 19.3 Å². The van der Waals surface area contributed by atoms with Crippen LogP contribution in [-0.4, -0.2) is 67.5 Å². The molecule has 2 aromatic rings. The quantitative estimate of drug-likeness (QED) is 0.795. The van der Waals surface area contributed by atoms with Crippen LogP contribution in [0.4, 0.5) is 0 Å². The molecule has 3 heterocycles. The average molecular weight is 391 g/mol. The lowest BCUT2D eigenvalue weighted by Crippen LogP contribution is -2.42. The van der Waals surface area contributed by atoms with E-state index in [9.17, 15) is 13.2 Å². The molecular formula is C19H25N3O4S. The van der Waals surface area contributed by atoms with Crippen LogP contribution in [0.2, 0.25) is 0 Å². The zero-order valence-electron chi connectivity index (χ0n) is 15.3. The molecule has 0 saturated carbocycles. The van der Waals surface area contributed by atoms with Crippen LogP contribution in [0.5, 0.6) is 0 Å². The first-order chi connectivity index (χ1) is 13.1. The number of fused-ring (bicyclic) bond motifs is 1. The number of hydrogen-bond donors (Lipinski definition) is 0. The van der Waals surface area contributed by atoms with Crippen molar-refractivity contribution in [1.29, 1.82) is 0 Å². The molecule has 1 amide bonds. The lowest BCUT2D eigenvalue weighted by atomic mass is 10.2. The summed E-state index contributed by atoms with van der Waals surface area (Å²) in [5.41, 5.74) is 0.870. The fourth-order valence-electron chi connectivity index (χ4n) is 3.79. The average Bonchev–Trinajstić information content (AvgIpc) is 3.11. The molecule has 0 N–H and O–H groups in total. The maximum atomic E-state index is 12.9. The zero-order chi connectivity index (χ0) is 18.9. The Morgan fingerprint density at radius 1 is 1.00 bits per heavy atom. The molecule has 146 valence electrons. The van der Waals surface area contributed by atoms with Crippen molar-refractivity contribution in [3.05, 3.63) is 30.5 Å². The molecule has 8 heteroatoms. The lowest BCUT2D eigenvalue weighted by molar-refractivity contribution is -0.135. The van der Waals surface area contributed by atoms with Crippen molar-refractivity contribution in [2.24, 2.45) is 0 Å². The Labute approximate surface area is 159 Å². The van der Waals surface area contributed by atoms with E-state index in [1.165, 1.54) is 0 Å². The Morgan fingerprint density at radius 3 is 2.48 bits per heavy atom. The summed E-state index contributed by atoms with van der Waals surface area (Å²) in [7, 11) is -3.45. The number of ether oxygens (including phenoxy) is 1. The number of amides is 1. The molecule has 2 saturated heterocycles. The first-order valence-corrected chi connectivity index (χ1v) is 10.9. The molecule has 27 heavy (non-hydrogen) atoms. The second-order valence-corrected chi connectivity index (χ2v) is 9.06. The minimum Gasteiger partial charge on any atom is -0.378 e. The third-order valence-electron chi connectivity index (χ3n) is 5.36. The largest absolute Gasteiger partial charge is 0.378 e. The van der Waals surface area contributed by atoms with Crippen LogP contribution in [-0.2, 0) is 26.1 Å². The summed E-state index contributed by atoms with van der Waals surface area (Å²) in [5, 5.41) is 0.836. The first kappa shape index (κ1) is 18.5. The van der Waals surface area contributed by atoms with Crippen molar-refractivity contribution in [2.45, 2.75) is 30.7 Å². The van der Waals surface area contributed by atoms with Gasteiger partial charge in [0.25, 0.3) is 0 Å². The highest BCUT2D eigenvalue weighted by Crippen LogP contribution is 2.25. The highest BCUT2D eigenvalue weighted by Gasteiger charge is 2.26. The van der Waals surface area contributed by atoms with Gasteiger partial charge in [-0.15, -0.1) is 0 Å². The Morgan fingerprint density at radius 2 is 1.74 bits per heavy atom. The Bertz CT molecular complexity index is 926. The fourth-order valence-corrected chi connectivity index (χ4v) is 5.34. The molecule has 7 nitrogen and oxygen atoms in total. The molecule has 4 rings (SSSR count). The van der Waals surface area contributed by atoms with Crippen LogP contribution in [0.15, 0.2) is 35.4 Å². The number of nitrogens with zero attached hydrogens (tertiary/aromatic N) is 3.